The molecule has 2 aromatic heterocycles. The third-order valence-corrected chi connectivity index (χ3v) is 5.59. The normalized spacial score (nSPS) is 26.6. The lowest BCUT2D eigenvalue weighted by Gasteiger charge is -2.15. The maximum atomic E-state index is 5.52. The Hall–Kier alpha value is -1.07. The summed E-state index contributed by atoms with van der Waals surface area (Å²) in [5, 5.41) is 0.548. The molecular formula is C15H19N3OS. The van der Waals surface area contributed by atoms with Crippen LogP contribution in [-0.4, -0.2) is 33.5 Å². The van der Waals surface area contributed by atoms with Crippen LogP contribution in [0.15, 0.2) is 18.3 Å². The molecule has 4 rings (SSSR count). The van der Waals surface area contributed by atoms with Gasteiger partial charge in [-0.25, -0.2) is 9.97 Å². The quantitative estimate of drug-likeness (QED) is 0.871. The number of hydrogen-bond acceptors (Lipinski definition) is 4. The van der Waals surface area contributed by atoms with Gasteiger partial charge in [-0.3, -0.25) is 0 Å². The summed E-state index contributed by atoms with van der Waals surface area (Å²) in [5.74, 6) is 3.10. The lowest BCUT2D eigenvalue weighted by molar-refractivity contribution is 0.182. The SMILES string of the molecule is c1cnc2c(c1)nc(C1CCCS1)n2CC1CCOC1. The van der Waals surface area contributed by atoms with Gasteiger partial charge >= 0.3 is 0 Å². The van der Waals surface area contributed by atoms with Crippen LogP contribution >= 0.6 is 11.8 Å². The van der Waals surface area contributed by atoms with Crippen molar-refractivity contribution in [2.75, 3.05) is 19.0 Å². The molecule has 0 aromatic carbocycles. The van der Waals surface area contributed by atoms with Gasteiger partial charge in [-0.2, -0.15) is 11.8 Å². The first kappa shape index (κ1) is 12.7. The molecule has 0 saturated carbocycles. The summed E-state index contributed by atoms with van der Waals surface area (Å²) < 4.78 is 7.88. The molecule has 0 aliphatic carbocycles. The highest BCUT2D eigenvalue weighted by Crippen LogP contribution is 2.40. The van der Waals surface area contributed by atoms with Crippen LogP contribution in [0.25, 0.3) is 11.2 Å². The molecule has 2 atom stereocenters. The fourth-order valence-electron chi connectivity index (χ4n) is 3.17. The van der Waals surface area contributed by atoms with Crippen LogP contribution < -0.4 is 0 Å². The maximum absolute atomic E-state index is 5.52. The van der Waals surface area contributed by atoms with E-state index in [4.69, 9.17) is 9.72 Å². The fourth-order valence-corrected chi connectivity index (χ4v) is 4.45. The van der Waals surface area contributed by atoms with Crippen molar-refractivity contribution in [1.29, 1.82) is 0 Å². The topological polar surface area (TPSA) is 39.9 Å². The zero-order valence-corrected chi connectivity index (χ0v) is 12.3. The molecule has 0 bridgehead atoms. The van der Waals surface area contributed by atoms with E-state index >= 15 is 0 Å². The van der Waals surface area contributed by atoms with Crippen LogP contribution in [0.1, 0.15) is 30.3 Å². The minimum absolute atomic E-state index is 0.548. The predicted octanol–water partition coefficient (Wildman–Crippen LogP) is 3.04. The Morgan fingerprint density at radius 2 is 2.40 bits per heavy atom. The zero-order chi connectivity index (χ0) is 13.4. The van der Waals surface area contributed by atoms with E-state index < -0.39 is 0 Å². The molecule has 0 radical (unpaired) electrons. The van der Waals surface area contributed by atoms with Crippen molar-refractivity contribution >= 4 is 22.9 Å². The van der Waals surface area contributed by atoms with Crippen molar-refractivity contribution in [1.82, 2.24) is 14.5 Å². The van der Waals surface area contributed by atoms with E-state index in [2.05, 4.69) is 15.6 Å². The number of ether oxygens (including phenoxy) is 1. The van der Waals surface area contributed by atoms with Gasteiger partial charge in [0.1, 0.15) is 11.3 Å². The third kappa shape index (κ3) is 2.23. The average molecular weight is 289 g/mol. The minimum Gasteiger partial charge on any atom is -0.381 e. The van der Waals surface area contributed by atoms with Crippen LogP contribution in [0.3, 0.4) is 0 Å². The Labute approximate surface area is 122 Å². The highest BCUT2D eigenvalue weighted by molar-refractivity contribution is 7.99. The van der Waals surface area contributed by atoms with E-state index in [0.717, 1.165) is 37.3 Å². The molecule has 2 unspecified atom stereocenters. The second kappa shape index (κ2) is 5.37. The summed E-state index contributed by atoms with van der Waals surface area (Å²) in [5.41, 5.74) is 2.08. The van der Waals surface area contributed by atoms with E-state index in [9.17, 15) is 0 Å². The Balaban J connectivity index is 1.75. The summed E-state index contributed by atoms with van der Waals surface area (Å²) in [7, 11) is 0. The standard InChI is InChI=1S/C15H19N3OS/c1-3-12-14(16-6-1)18(9-11-5-7-19-10-11)15(17-12)13-4-2-8-20-13/h1,3,6,11,13H,2,4-5,7-10H2. The Morgan fingerprint density at radius 3 is 3.20 bits per heavy atom. The molecule has 2 saturated heterocycles. The molecule has 2 fully saturated rings. The molecule has 106 valence electrons. The van der Waals surface area contributed by atoms with Crippen LogP contribution in [0.4, 0.5) is 0 Å². The second-order valence-corrected chi connectivity index (χ2v) is 6.97. The Kier molecular flexibility index (Phi) is 3.40. The number of rotatable bonds is 3. The number of thioether (sulfide) groups is 1. The summed E-state index contributed by atoms with van der Waals surface area (Å²) in [4.78, 5) is 9.44. The number of fused-ring (bicyclic) bond motifs is 1. The van der Waals surface area contributed by atoms with Gasteiger partial charge in [0.25, 0.3) is 0 Å². The van der Waals surface area contributed by atoms with Gasteiger partial charge in [0.2, 0.25) is 0 Å². The Morgan fingerprint density at radius 1 is 1.40 bits per heavy atom. The molecule has 4 nitrogen and oxygen atoms in total. The lowest BCUT2D eigenvalue weighted by atomic mass is 10.1. The van der Waals surface area contributed by atoms with Crippen LogP contribution in [0.5, 0.6) is 0 Å². The van der Waals surface area contributed by atoms with Gasteiger partial charge in [-0.1, -0.05) is 0 Å². The monoisotopic (exact) mass is 289 g/mol. The van der Waals surface area contributed by atoms with Gasteiger partial charge in [0.05, 0.1) is 11.9 Å². The van der Waals surface area contributed by atoms with Gasteiger partial charge in [-0.05, 0) is 37.1 Å². The zero-order valence-electron chi connectivity index (χ0n) is 11.5. The molecule has 2 aliphatic rings. The van der Waals surface area contributed by atoms with Crippen LogP contribution in [0.2, 0.25) is 0 Å². The number of pyridine rings is 1. The number of imidazole rings is 1. The largest absolute Gasteiger partial charge is 0.381 e. The molecule has 20 heavy (non-hydrogen) atoms. The Bertz CT molecular complexity index is 600. The molecular weight excluding hydrogens is 270 g/mol. The van der Waals surface area contributed by atoms with Crippen molar-refractivity contribution < 1.29 is 4.74 Å². The molecule has 0 N–H and O–H groups in total. The first-order chi connectivity index (χ1) is 9.92. The highest BCUT2D eigenvalue weighted by atomic mass is 32.2. The van der Waals surface area contributed by atoms with E-state index in [1.54, 1.807) is 0 Å². The van der Waals surface area contributed by atoms with Crippen molar-refractivity contribution in [3.63, 3.8) is 0 Å². The van der Waals surface area contributed by atoms with E-state index in [-0.39, 0.29) is 0 Å². The van der Waals surface area contributed by atoms with E-state index in [0.29, 0.717) is 11.2 Å². The first-order valence-corrected chi connectivity index (χ1v) is 8.47. The molecule has 0 spiro atoms. The van der Waals surface area contributed by atoms with Crippen molar-refractivity contribution in [3.8, 4) is 0 Å². The summed E-state index contributed by atoms with van der Waals surface area (Å²) in [6.07, 6.45) is 5.58. The molecule has 4 heterocycles. The predicted molar refractivity (Wildman–Crippen MR) is 80.9 cm³/mol. The number of aromatic nitrogens is 3. The minimum atomic E-state index is 0.548. The molecule has 5 heteroatoms. The van der Waals surface area contributed by atoms with E-state index in [1.807, 2.05) is 24.0 Å². The van der Waals surface area contributed by atoms with Gasteiger partial charge in [-0.15, -0.1) is 0 Å². The lowest BCUT2D eigenvalue weighted by Crippen LogP contribution is -2.14. The maximum Gasteiger partial charge on any atom is 0.160 e. The van der Waals surface area contributed by atoms with Gasteiger partial charge < -0.3 is 9.30 Å². The number of hydrogen-bond donors (Lipinski definition) is 0. The summed E-state index contributed by atoms with van der Waals surface area (Å²) in [6, 6.07) is 4.05. The summed E-state index contributed by atoms with van der Waals surface area (Å²) >= 11 is 2.04. The highest BCUT2D eigenvalue weighted by Gasteiger charge is 2.26. The molecule has 2 aromatic rings. The number of nitrogens with zero attached hydrogens (tertiary/aromatic N) is 3. The van der Waals surface area contributed by atoms with E-state index in [1.165, 1.54) is 24.4 Å². The van der Waals surface area contributed by atoms with Gasteiger partial charge in [0.15, 0.2) is 5.65 Å². The third-order valence-electron chi connectivity index (χ3n) is 4.22. The fraction of sp³-hybridized carbons (Fsp3) is 0.600. The van der Waals surface area contributed by atoms with Gasteiger partial charge in [0, 0.05) is 25.3 Å². The summed E-state index contributed by atoms with van der Waals surface area (Å²) in [6.45, 7) is 2.78. The smallest absolute Gasteiger partial charge is 0.160 e. The average Bonchev–Trinajstić information content (AvgIpc) is 3.19. The molecule has 0 amide bonds. The van der Waals surface area contributed by atoms with Crippen LogP contribution in [0, 0.1) is 5.92 Å². The van der Waals surface area contributed by atoms with Crippen molar-refractivity contribution in [2.24, 2.45) is 5.92 Å². The van der Waals surface area contributed by atoms with Crippen molar-refractivity contribution in [2.45, 2.75) is 31.1 Å². The molecule has 2 aliphatic heterocycles. The first-order valence-electron chi connectivity index (χ1n) is 7.42. The second-order valence-electron chi connectivity index (χ2n) is 5.66. The van der Waals surface area contributed by atoms with Crippen LogP contribution in [-0.2, 0) is 11.3 Å². The van der Waals surface area contributed by atoms with Crippen molar-refractivity contribution in [3.05, 3.63) is 24.2 Å².